The normalized spacial score (nSPS) is 22.0. The van der Waals surface area contributed by atoms with Crippen molar-refractivity contribution in [1.29, 1.82) is 0 Å². The van der Waals surface area contributed by atoms with Crippen LogP contribution in [0.15, 0.2) is 12.1 Å². The summed E-state index contributed by atoms with van der Waals surface area (Å²) in [6, 6.07) is 3.88. The summed E-state index contributed by atoms with van der Waals surface area (Å²) in [7, 11) is 0. The van der Waals surface area contributed by atoms with Crippen LogP contribution in [0, 0.1) is 0 Å². The first-order valence-electron chi connectivity index (χ1n) is 7.37. The number of nitrogens with zero attached hydrogens (tertiary/aromatic N) is 1. The van der Waals surface area contributed by atoms with Crippen LogP contribution in [0.1, 0.15) is 50.8 Å². The van der Waals surface area contributed by atoms with Crippen LogP contribution >= 0.6 is 11.6 Å². The minimum Gasteiger partial charge on any atom is -0.490 e. The van der Waals surface area contributed by atoms with E-state index < -0.39 is 6.10 Å². The van der Waals surface area contributed by atoms with E-state index in [1.165, 1.54) is 0 Å². The number of hydrogen-bond acceptors (Lipinski definition) is 3. The molecule has 0 saturated heterocycles. The van der Waals surface area contributed by atoms with Gasteiger partial charge in [0.2, 0.25) is 0 Å². The summed E-state index contributed by atoms with van der Waals surface area (Å²) in [5, 5.41) is 11.1. The van der Waals surface area contributed by atoms with E-state index in [0.29, 0.717) is 17.5 Å². The van der Waals surface area contributed by atoms with E-state index >= 15 is 0 Å². The Labute approximate surface area is 126 Å². The first kappa shape index (κ1) is 15.6. The fraction of sp³-hybridized carbons (Fsp3) is 0.625. The molecule has 0 aromatic heterocycles. The van der Waals surface area contributed by atoms with Crippen LogP contribution in [-0.2, 0) is 0 Å². The molecule has 112 valence electrons. The first-order chi connectivity index (χ1) is 9.49. The Morgan fingerprint density at radius 1 is 1.35 bits per heavy atom. The van der Waals surface area contributed by atoms with Gasteiger partial charge in [-0.15, -0.1) is 0 Å². The molecular formula is C16H24ClNO2. The minimum absolute atomic E-state index is 0.0371. The summed E-state index contributed by atoms with van der Waals surface area (Å²) in [5.74, 6) is 1.25. The van der Waals surface area contributed by atoms with Gasteiger partial charge < -0.3 is 9.84 Å². The molecule has 1 N–H and O–H groups in total. The van der Waals surface area contributed by atoms with Crippen LogP contribution in [0.5, 0.6) is 5.75 Å². The second-order valence-corrected chi connectivity index (χ2v) is 6.05. The largest absolute Gasteiger partial charge is 0.490 e. The zero-order valence-corrected chi connectivity index (χ0v) is 13.4. The molecule has 1 heterocycles. The highest BCUT2D eigenvalue weighted by atomic mass is 35.5. The van der Waals surface area contributed by atoms with Crippen molar-refractivity contribution in [3.63, 3.8) is 0 Å². The number of aliphatic hydroxyl groups is 1. The van der Waals surface area contributed by atoms with E-state index in [-0.39, 0.29) is 6.04 Å². The number of likely N-dealkylation sites (N-methyl/N-ethyl adjacent to an activating group) is 1. The van der Waals surface area contributed by atoms with Gasteiger partial charge >= 0.3 is 0 Å². The van der Waals surface area contributed by atoms with Crippen molar-refractivity contribution in [2.75, 3.05) is 19.7 Å². The lowest BCUT2D eigenvalue weighted by Crippen LogP contribution is -2.42. The summed E-state index contributed by atoms with van der Waals surface area (Å²) in [6.45, 7) is 10.6. The van der Waals surface area contributed by atoms with Crippen LogP contribution in [0.25, 0.3) is 0 Å². The van der Waals surface area contributed by atoms with Crippen LogP contribution in [-0.4, -0.2) is 35.8 Å². The maximum Gasteiger partial charge on any atom is 0.127 e. The number of halogens is 1. The average Bonchev–Trinajstić information content (AvgIpc) is 2.41. The number of rotatable bonds is 4. The maximum absolute atomic E-state index is 10.4. The maximum atomic E-state index is 10.4. The third-order valence-electron chi connectivity index (χ3n) is 4.02. The average molecular weight is 298 g/mol. The highest BCUT2D eigenvalue weighted by Gasteiger charge is 2.34. The lowest BCUT2D eigenvalue weighted by atomic mass is 9.91. The van der Waals surface area contributed by atoms with Gasteiger partial charge in [-0.1, -0.05) is 39.3 Å². The van der Waals surface area contributed by atoms with Crippen LogP contribution in [0.4, 0.5) is 0 Å². The molecular weight excluding hydrogens is 274 g/mol. The predicted molar refractivity (Wildman–Crippen MR) is 82.7 cm³/mol. The Hall–Kier alpha value is -0.770. The van der Waals surface area contributed by atoms with Crippen molar-refractivity contribution in [2.24, 2.45) is 0 Å². The zero-order valence-electron chi connectivity index (χ0n) is 12.7. The van der Waals surface area contributed by atoms with E-state index in [9.17, 15) is 5.11 Å². The van der Waals surface area contributed by atoms with Gasteiger partial charge in [0.15, 0.2) is 0 Å². The molecule has 0 fully saturated rings. The van der Waals surface area contributed by atoms with Gasteiger partial charge in [-0.3, -0.25) is 4.90 Å². The molecule has 2 atom stereocenters. The SMILES string of the molecule is CCN(CC)C1c2cc(Cl)cc(C(C)C)c2OCC1O. The first-order valence-corrected chi connectivity index (χ1v) is 7.75. The lowest BCUT2D eigenvalue weighted by Gasteiger charge is -2.39. The Kier molecular flexibility index (Phi) is 4.95. The molecule has 3 nitrogen and oxygen atoms in total. The van der Waals surface area contributed by atoms with Gasteiger partial charge in [-0.25, -0.2) is 0 Å². The molecule has 1 aliphatic heterocycles. The summed E-state index contributed by atoms with van der Waals surface area (Å²) < 4.78 is 5.82. The van der Waals surface area contributed by atoms with Gasteiger partial charge in [-0.05, 0) is 36.7 Å². The van der Waals surface area contributed by atoms with Crippen molar-refractivity contribution in [1.82, 2.24) is 4.90 Å². The number of aliphatic hydroxyl groups excluding tert-OH is 1. The van der Waals surface area contributed by atoms with Crippen molar-refractivity contribution in [2.45, 2.75) is 45.8 Å². The Morgan fingerprint density at radius 3 is 2.55 bits per heavy atom. The standard InChI is InChI=1S/C16H24ClNO2/c1-5-18(6-2)15-13-8-11(17)7-12(10(3)4)16(13)20-9-14(15)19/h7-8,10,14-15,19H,5-6,9H2,1-4H3. The topological polar surface area (TPSA) is 32.7 Å². The molecule has 0 spiro atoms. The van der Waals surface area contributed by atoms with E-state index in [2.05, 4.69) is 32.6 Å². The summed E-state index contributed by atoms with van der Waals surface area (Å²) in [5.41, 5.74) is 2.14. The number of fused-ring (bicyclic) bond motifs is 1. The van der Waals surface area contributed by atoms with Crippen molar-refractivity contribution >= 4 is 11.6 Å². The molecule has 0 bridgehead atoms. The molecule has 0 radical (unpaired) electrons. The van der Waals surface area contributed by atoms with Gasteiger partial charge in [-0.2, -0.15) is 0 Å². The highest BCUT2D eigenvalue weighted by molar-refractivity contribution is 6.30. The number of ether oxygens (including phenoxy) is 1. The van der Waals surface area contributed by atoms with Crippen molar-refractivity contribution in [3.05, 3.63) is 28.3 Å². The highest BCUT2D eigenvalue weighted by Crippen LogP contribution is 2.42. The Morgan fingerprint density at radius 2 is 2.00 bits per heavy atom. The van der Waals surface area contributed by atoms with E-state index in [1.807, 2.05) is 12.1 Å². The molecule has 4 heteroatoms. The second kappa shape index (κ2) is 6.33. The quantitative estimate of drug-likeness (QED) is 0.922. The van der Waals surface area contributed by atoms with E-state index in [0.717, 1.165) is 30.0 Å². The third-order valence-corrected chi connectivity index (χ3v) is 4.24. The molecule has 20 heavy (non-hydrogen) atoms. The summed E-state index contributed by atoms with van der Waals surface area (Å²) in [4.78, 5) is 2.26. The Balaban J connectivity index is 2.55. The zero-order chi connectivity index (χ0) is 14.9. The summed E-state index contributed by atoms with van der Waals surface area (Å²) in [6.07, 6.45) is -0.513. The second-order valence-electron chi connectivity index (χ2n) is 5.61. The number of hydrogen-bond donors (Lipinski definition) is 1. The molecule has 2 unspecified atom stereocenters. The van der Waals surface area contributed by atoms with Crippen LogP contribution in [0.2, 0.25) is 5.02 Å². The van der Waals surface area contributed by atoms with Gasteiger partial charge in [0.05, 0.1) is 6.04 Å². The predicted octanol–water partition coefficient (Wildman–Crippen LogP) is 3.60. The minimum atomic E-state index is -0.513. The molecule has 0 saturated carbocycles. The van der Waals surface area contributed by atoms with Crippen molar-refractivity contribution < 1.29 is 9.84 Å². The monoisotopic (exact) mass is 297 g/mol. The molecule has 0 amide bonds. The van der Waals surface area contributed by atoms with Gasteiger partial charge in [0, 0.05) is 10.6 Å². The number of benzene rings is 1. The smallest absolute Gasteiger partial charge is 0.127 e. The Bertz CT molecular complexity index is 472. The fourth-order valence-corrected chi connectivity index (χ4v) is 3.21. The fourth-order valence-electron chi connectivity index (χ4n) is 2.98. The van der Waals surface area contributed by atoms with E-state index in [1.54, 1.807) is 0 Å². The van der Waals surface area contributed by atoms with Crippen LogP contribution < -0.4 is 4.74 Å². The molecule has 2 rings (SSSR count). The van der Waals surface area contributed by atoms with Crippen molar-refractivity contribution in [3.8, 4) is 5.75 Å². The molecule has 1 aromatic rings. The van der Waals surface area contributed by atoms with Gasteiger partial charge in [0.25, 0.3) is 0 Å². The third kappa shape index (κ3) is 2.80. The van der Waals surface area contributed by atoms with Crippen LogP contribution in [0.3, 0.4) is 0 Å². The summed E-state index contributed by atoms with van der Waals surface area (Å²) >= 11 is 6.27. The van der Waals surface area contributed by atoms with Gasteiger partial charge in [0.1, 0.15) is 18.5 Å². The molecule has 0 aliphatic carbocycles. The molecule has 1 aromatic carbocycles. The lowest BCUT2D eigenvalue weighted by molar-refractivity contribution is 0.00316. The molecule has 1 aliphatic rings. The van der Waals surface area contributed by atoms with E-state index in [4.69, 9.17) is 16.3 Å².